The summed E-state index contributed by atoms with van der Waals surface area (Å²) in [5, 5.41) is 19.5. The van der Waals surface area contributed by atoms with Crippen LogP contribution in [0.25, 0.3) is 6.08 Å². The zero-order valence-electron chi connectivity index (χ0n) is 7.60. The molecule has 1 rings (SSSR count). The first-order valence-corrected chi connectivity index (χ1v) is 4.11. The number of quaternary nitrogens is 1. The second kappa shape index (κ2) is 4.97. The minimum atomic E-state index is 0.395. The van der Waals surface area contributed by atoms with Crippen molar-refractivity contribution in [3.8, 4) is 6.07 Å². The molecule has 0 radical (unpaired) electrons. The van der Waals surface area contributed by atoms with Crippen molar-refractivity contribution in [3.63, 3.8) is 0 Å². The Morgan fingerprint density at radius 2 is 2.29 bits per heavy atom. The van der Waals surface area contributed by atoms with Crippen LogP contribution in [-0.4, -0.2) is 0 Å². The number of benzene rings is 1. The summed E-state index contributed by atoms with van der Waals surface area (Å²) in [4.78, 5) is 0. The van der Waals surface area contributed by atoms with Crippen LogP contribution in [0, 0.1) is 16.5 Å². The van der Waals surface area contributed by atoms with Gasteiger partial charge in [0.15, 0.2) is 5.69 Å². The Labute approximate surface area is 82.6 Å². The van der Waals surface area contributed by atoms with Crippen LogP contribution in [0.3, 0.4) is 0 Å². The van der Waals surface area contributed by atoms with Crippen LogP contribution in [-0.2, 0) is 0 Å². The summed E-state index contributed by atoms with van der Waals surface area (Å²) in [6.45, 7) is 3.53. The third-order valence-electron chi connectivity index (χ3n) is 1.79. The molecular weight excluding hydrogens is 176 g/mol. The first kappa shape index (κ1) is 10.2. The van der Waals surface area contributed by atoms with E-state index in [1.54, 1.807) is 36.4 Å². The number of hydrogen-bond donors (Lipinski definition) is 1. The van der Waals surface area contributed by atoms with Crippen LogP contribution < -0.4 is 5.48 Å². The fourth-order valence-electron chi connectivity index (χ4n) is 1.13. The van der Waals surface area contributed by atoms with Gasteiger partial charge >= 0.3 is 0 Å². The first-order chi connectivity index (χ1) is 6.83. The van der Waals surface area contributed by atoms with E-state index in [9.17, 15) is 5.21 Å². The van der Waals surface area contributed by atoms with Crippen molar-refractivity contribution >= 4 is 11.8 Å². The average molecular weight is 186 g/mol. The Morgan fingerprint density at radius 3 is 2.86 bits per heavy atom. The molecule has 0 aliphatic rings. The van der Waals surface area contributed by atoms with E-state index in [-0.39, 0.29) is 0 Å². The molecule has 0 atom stereocenters. The van der Waals surface area contributed by atoms with Crippen LogP contribution in [0.1, 0.15) is 11.1 Å². The van der Waals surface area contributed by atoms with E-state index in [0.717, 1.165) is 5.56 Å². The van der Waals surface area contributed by atoms with E-state index >= 15 is 0 Å². The molecule has 3 nitrogen and oxygen atoms in total. The van der Waals surface area contributed by atoms with Crippen molar-refractivity contribution in [2.24, 2.45) is 0 Å². The smallest absolute Gasteiger partial charge is 0.154 e. The Kier molecular flexibility index (Phi) is 3.62. The van der Waals surface area contributed by atoms with Crippen LogP contribution >= 0.6 is 0 Å². The highest BCUT2D eigenvalue weighted by atomic mass is 16.5. The van der Waals surface area contributed by atoms with Gasteiger partial charge in [0.25, 0.3) is 0 Å². The Balaban J connectivity index is 3.23. The lowest BCUT2D eigenvalue weighted by Crippen LogP contribution is -2.71. The summed E-state index contributed by atoms with van der Waals surface area (Å²) in [6, 6.07) is 7.12. The Bertz CT molecular complexity index is 402. The molecule has 0 heterocycles. The summed E-state index contributed by atoms with van der Waals surface area (Å²) in [5.74, 6) is 0. The van der Waals surface area contributed by atoms with Crippen molar-refractivity contribution in [2.45, 2.75) is 0 Å². The molecule has 0 aromatic heterocycles. The molecule has 0 amide bonds. The summed E-state index contributed by atoms with van der Waals surface area (Å²) in [6.07, 6.45) is 5.09. The Morgan fingerprint density at radius 1 is 1.50 bits per heavy atom. The summed E-state index contributed by atoms with van der Waals surface area (Å²) in [7, 11) is 0. The maximum Gasteiger partial charge on any atom is 0.154 e. The molecule has 0 aliphatic heterocycles. The lowest BCUT2D eigenvalue weighted by molar-refractivity contribution is -0.497. The average Bonchev–Trinajstić information content (AvgIpc) is 2.25. The zero-order valence-corrected chi connectivity index (χ0v) is 7.60. The maximum atomic E-state index is 10.8. The monoisotopic (exact) mass is 186 g/mol. The van der Waals surface area contributed by atoms with E-state index < -0.39 is 0 Å². The predicted octanol–water partition coefficient (Wildman–Crippen LogP) is 1.45. The quantitative estimate of drug-likeness (QED) is 0.441. The van der Waals surface area contributed by atoms with E-state index in [0.29, 0.717) is 16.7 Å². The molecule has 0 aliphatic carbocycles. The van der Waals surface area contributed by atoms with Crippen molar-refractivity contribution < 1.29 is 5.48 Å². The molecule has 0 bridgehead atoms. The van der Waals surface area contributed by atoms with Crippen molar-refractivity contribution in [3.05, 3.63) is 53.3 Å². The number of hydrogen-bond acceptors (Lipinski definition) is 2. The predicted molar refractivity (Wildman–Crippen MR) is 55.3 cm³/mol. The fourth-order valence-corrected chi connectivity index (χ4v) is 1.13. The summed E-state index contributed by atoms with van der Waals surface area (Å²) >= 11 is 0. The second-order valence-corrected chi connectivity index (χ2v) is 2.63. The number of allylic oxidation sites excluding steroid dienone is 2. The third kappa shape index (κ3) is 2.07. The highest BCUT2D eigenvalue weighted by molar-refractivity contribution is 5.66. The first-order valence-electron chi connectivity index (χ1n) is 4.11. The normalized spacial score (nSPS) is 10.0. The van der Waals surface area contributed by atoms with Crippen molar-refractivity contribution in [1.82, 2.24) is 0 Å². The van der Waals surface area contributed by atoms with Gasteiger partial charge in [-0.3, -0.25) is 0 Å². The molecule has 1 aromatic carbocycles. The fraction of sp³-hybridized carbons (Fsp3) is 0. The lowest BCUT2D eigenvalue weighted by Gasteiger charge is -2.06. The molecule has 2 N–H and O–H groups in total. The summed E-state index contributed by atoms with van der Waals surface area (Å²) in [5.41, 5.74) is 2.25. The van der Waals surface area contributed by atoms with E-state index in [1.807, 2.05) is 6.07 Å². The van der Waals surface area contributed by atoms with Gasteiger partial charge in [-0.25, -0.2) is 0 Å². The number of nitrogens with zero attached hydrogens (tertiary/aromatic N) is 1. The molecule has 1 aromatic rings. The van der Waals surface area contributed by atoms with Crippen LogP contribution in [0.4, 0.5) is 5.69 Å². The van der Waals surface area contributed by atoms with Gasteiger partial charge in [-0.15, -0.1) is 0 Å². The van der Waals surface area contributed by atoms with Gasteiger partial charge in [-0.2, -0.15) is 5.26 Å². The molecule has 0 saturated carbocycles. The van der Waals surface area contributed by atoms with E-state index in [4.69, 9.17) is 5.26 Å². The molecule has 0 saturated heterocycles. The molecule has 0 fully saturated rings. The van der Waals surface area contributed by atoms with Crippen LogP contribution in [0.15, 0.2) is 36.9 Å². The highest BCUT2D eigenvalue weighted by Crippen LogP contribution is 2.16. The van der Waals surface area contributed by atoms with E-state index in [1.165, 1.54) is 0 Å². The number of rotatable bonds is 3. The largest absolute Gasteiger partial charge is 0.630 e. The van der Waals surface area contributed by atoms with Crippen molar-refractivity contribution in [1.29, 1.82) is 5.26 Å². The molecule has 0 unspecified atom stereocenters. The SMILES string of the molecule is C=C/C=C\c1cccc(C#N)c1[NH2+][O-]. The van der Waals surface area contributed by atoms with Crippen molar-refractivity contribution in [2.75, 3.05) is 0 Å². The highest BCUT2D eigenvalue weighted by Gasteiger charge is 2.05. The van der Waals surface area contributed by atoms with Gasteiger partial charge in [0.05, 0.1) is 0 Å². The standard InChI is InChI=1S/C11H10N2O/c1-2-3-5-9-6-4-7-10(8-12)11(9)13-14/h2-7H,1,13H2/b5-3-. The van der Waals surface area contributed by atoms with Crippen LogP contribution in [0.2, 0.25) is 0 Å². The molecule has 70 valence electrons. The number of nitrogens with two attached hydrogens (primary N) is 1. The molecule has 0 spiro atoms. The van der Waals surface area contributed by atoms with Gasteiger partial charge in [0.2, 0.25) is 0 Å². The molecule has 14 heavy (non-hydrogen) atoms. The zero-order chi connectivity index (χ0) is 10.4. The van der Waals surface area contributed by atoms with Gasteiger partial charge in [0, 0.05) is 5.56 Å². The van der Waals surface area contributed by atoms with Gasteiger partial charge < -0.3 is 10.7 Å². The maximum absolute atomic E-state index is 10.8. The molecule has 3 heteroatoms. The topological polar surface area (TPSA) is 63.5 Å². The third-order valence-corrected chi connectivity index (χ3v) is 1.79. The van der Waals surface area contributed by atoms with Gasteiger partial charge in [0.1, 0.15) is 11.6 Å². The number of nitriles is 1. The second-order valence-electron chi connectivity index (χ2n) is 2.63. The molecular formula is C11H10N2O. The Hall–Kier alpha value is -1.89. The van der Waals surface area contributed by atoms with E-state index in [2.05, 4.69) is 6.58 Å². The van der Waals surface area contributed by atoms with Gasteiger partial charge in [-0.1, -0.05) is 24.8 Å². The summed E-state index contributed by atoms with van der Waals surface area (Å²) < 4.78 is 0. The minimum absolute atomic E-state index is 0.395. The van der Waals surface area contributed by atoms with Crippen LogP contribution in [0.5, 0.6) is 0 Å². The lowest BCUT2D eigenvalue weighted by atomic mass is 10.1. The minimum Gasteiger partial charge on any atom is -0.630 e. The van der Waals surface area contributed by atoms with Gasteiger partial charge in [-0.05, 0) is 18.2 Å².